The molecular formula is C13H21NO5S. The summed E-state index contributed by atoms with van der Waals surface area (Å²) >= 11 is 0. The zero-order chi connectivity index (χ0) is 15.2. The van der Waals surface area contributed by atoms with Crippen molar-refractivity contribution in [2.75, 3.05) is 13.1 Å². The molecule has 0 spiro atoms. The third-order valence-electron chi connectivity index (χ3n) is 2.91. The molecule has 0 aromatic carbocycles. The van der Waals surface area contributed by atoms with Crippen LogP contribution in [0.1, 0.15) is 50.1 Å². The molecule has 1 N–H and O–H groups in total. The lowest BCUT2D eigenvalue weighted by Crippen LogP contribution is -2.32. The van der Waals surface area contributed by atoms with Crippen LogP contribution in [0.25, 0.3) is 0 Å². The van der Waals surface area contributed by atoms with Crippen LogP contribution < -0.4 is 0 Å². The molecule has 0 unspecified atom stereocenters. The van der Waals surface area contributed by atoms with Gasteiger partial charge in [0.1, 0.15) is 0 Å². The van der Waals surface area contributed by atoms with Gasteiger partial charge in [0.25, 0.3) is 10.0 Å². The molecule has 1 aromatic rings. The number of hydrogen-bond donors (Lipinski definition) is 1. The molecule has 0 amide bonds. The van der Waals surface area contributed by atoms with Gasteiger partial charge in [-0.05, 0) is 25.0 Å². The van der Waals surface area contributed by atoms with E-state index in [1.165, 1.54) is 10.4 Å². The molecule has 0 fully saturated rings. The minimum Gasteiger partial charge on any atom is -0.475 e. The zero-order valence-corrected chi connectivity index (χ0v) is 12.6. The average molecular weight is 303 g/mol. The van der Waals surface area contributed by atoms with E-state index in [4.69, 9.17) is 9.52 Å². The molecule has 0 aliphatic carbocycles. The number of carboxylic acids is 1. The van der Waals surface area contributed by atoms with Crippen LogP contribution in [0.15, 0.2) is 21.6 Å². The van der Waals surface area contributed by atoms with Gasteiger partial charge in [0, 0.05) is 13.1 Å². The van der Waals surface area contributed by atoms with Gasteiger partial charge in [0.15, 0.2) is 0 Å². The molecular weight excluding hydrogens is 282 g/mol. The molecule has 114 valence electrons. The molecule has 0 atom stereocenters. The van der Waals surface area contributed by atoms with Crippen molar-refractivity contribution in [2.45, 2.75) is 44.6 Å². The van der Waals surface area contributed by atoms with E-state index < -0.39 is 16.0 Å². The summed E-state index contributed by atoms with van der Waals surface area (Å²) in [6.45, 7) is 4.81. The Balaban J connectivity index is 2.97. The van der Waals surface area contributed by atoms with Gasteiger partial charge in [0.05, 0.1) is 0 Å². The van der Waals surface area contributed by atoms with E-state index >= 15 is 0 Å². The lowest BCUT2D eigenvalue weighted by molar-refractivity contribution is 0.0656. The number of unbranched alkanes of at least 4 members (excludes halogenated alkanes) is 2. The highest BCUT2D eigenvalue weighted by Gasteiger charge is 2.27. The minimum absolute atomic E-state index is 0.304. The largest absolute Gasteiger partial charge is 0.475 e. The second-order valence-corrected chi connectivity index (χ2v) is 6.40. The molecule has 0 saturated carbocycles. The van der Waals surface area contributed by atoms with Crippen LogP contribution in [-0.2, 0) is 10.0 Å². The highest BCUT2D eigenvalue weighted by atomic mass is 32.2. The molecule has 20 heavy (non-hydrogen) atoms. The van der Waals surface area contributed by atoms with Gasteiger partial charge in [-0.25, -0.2) is 13.2 Å². The summed E-state index contributed by atoms with van der Waals surface area (Å²) in [5, 5.41) is 8.48. The molecule has 1 heterocycles. The smallest absolute Gasteiger partial charge is 0.371 e. The number of aromatic carboxylic acids is 1. The van der Waals surface area contributed by atoms with Gasteiger partial charge >= 0.3 is 5.97 Å². The topological polar surface area (TPSA) is 87.8 Å². The molecule has 1 aromatic heterocycles. The first-order chi connectivity index (χ1) is 9.43. The van der Waals surface area contributed by atoms with E-state index in [9.17, 15) is 13.2 Å². The van der Waals surface area contributed by atoms with Gasteiger partial charge in [-0.2, -0.15) is 4.31 Å². The van der Waals surface area contributed by atoms with Gasteiger partial charge in [0.2, 0.25) is 10.9 Å². The summed E-state index contributed by atoms with van der Waals surface area (Å²) in [7, 11) is -3.75. The summed E-state index contributed by atoms with van der Waals surface area (Å²) in [5.41, 5.74) is 0. The number of carboxylic acid groups (broad SMARTS) is 1. The molecule has 0 saturated heterocycles. The van der Waals surface area contributed by atoms with Gasteiger partial charge in [-0.3, -0.25) is 0 Å². The number of rotatable bonds is 9. The van der Waals surface area contributed by atoms with Crippen molar-refractivity contribution in [2.24, 2.45) is 0 Å². The zero-order valence-electron chi connectivity index (χ0n) is 11.8. The average Bonchev–Trinajstić information content (AvgIpc) is 2.89. The fraction of sp³-hybridized carbons (Fsp3) is 0.615. The first-order valence-corrected chi connectivity index (χ1v) is 8.20. The molecule has 6 nitrogen and oxygen atoms in total. The van der Waals surface area contributed by atoms with E-state index in [2.05, 4.69) is 0 Å². The second-order valence-electron chi connectivity index (χ2n) is 4.54. The first kappa shape index (κ1) is 16.7. The summed E-state index contributed by atoms with van der Waals surface area (Å²) in [6.07, 6.45) is 3.29. The van der Waals surface area contributed by atoms with Crippen molar-refractivity contribution in [1.29, 1.82) is 0 Å². The standard InChI is InChI=1S/C13H21NO5S/c1-3-5-9-14(10-6-4-2)20(17,18)12-8-7-11(19-12)13(15)16/h7-8H,3-6,9-10H2,1-2H3,(H,15,16). The van der Waals surface area contributed by atoms with Gasteiger partial charge in [-0.15, -0.1) is 0 Å². The van der Waals surface area contributed by atoms with E-state index in [-0.39, 0.29) is 10.9 Å². The molecule has 0 radical (unpaired) electrons. The Morgan fingerprint density at radius 2 is 1.75 bits per heavy atom. The monoisotopic (exact) mass is 303 g/mol. The lowest BCUT2D eigenvalue weighted by atomic mass is 10.3. The minimum atomic E-state index is -3.75. The first-order valence-electron chi connectivity index (χ1n) is 6.76. The molecule has 7 heteroatoms. The van der Waals surface area contributed by atoms with Crippen LogP contribution in [0.2, 0.25) is 0 Å². The van der Waals surface area contributed by atoms with E-state index in [0.717, 1.165) is 31.7 Å². The third kappa shape index (κ3) is 4.08. The van der Waals surface area contributed by atoms with Crippen molar-refractivity contribution in [3.05, 3.63) is 17.9 Å². The SMILES string of the molecule is CCCCN(CCCC)S(=O)(=O)c1ccc(C(=O)O)o1. The normalized spacial score (nSPS) is 11.9. The Bertz CT molecular complexity index is 527. The number of sulfonamides is 1. The lowest BCUT2D eigenvalue weighted by Gasteiger charge is -2.20. The number of furan rings is 1. The number of nitrogens with zero attached hydrogens (tertiary/aromatic N) is 1. The summed E-state index contributed by atoms with van der Waals surface area (Å²) in [4.78, 5) is 10.8. The van der Waals surface area contributed by atoms with Gasteiger partial charge in [-0.1, -0.05) is 26.7 Å². The van der Waals surface area contributed by atoms with E-state index in [0.29, 0.717) is 13.1 Å². The van der Waals surface area contributed by atoms with E-state index in [1.807, 2.05) is 13.8 Å². The predicted molar refractivity (Wildman–Crippen MR) is 74.2 cm³/mol. The highest BCUT2D eigenvalue weighted by molar-refractivity contribution is 7.89. The summed E-state index contributed by atoms with van der Waals surface area (Å²) < 4.78 is 31.1. The fourth-order valence-corrected chi connectivity index (χ4v) is 3.15. The van der Waals surface area contributed by atoms with Crippen LogP contribution in [0, 0.1) is 0 Å². The predicted octanol–water partition coefficient (Wildman–Crippen LogP) is 2.57. The molecule has 0 bridgehead atoms. The maximum atomic E-state index is 12.4. The Hall–Kier alpha value is -1.34. The molecule has 1 rings (SSSR count). The Morgan fingerprint density at radius 1 is 1.20 bits per heavy atom. The van der Waals surface area contributed by atoms with Crippen LogP contribution in [0.4, 0.5) is 0 Å². The quantitative estimate of drug-likeness (QED) is 0.757. The van der Waals surface area contributed by atoms with E-state index in [1.54, 1.807) is 0 Å². The second kappa shape index (κ2) is 7.44. The Labute approximate surface area is 119 Å². The van der Waals surface area contributed by atoms with Gasteiger partial charge < -0.3 is 9.52 Å². The third-order valence-corrected chi connectivity index (χ3v) is 4.68. The number of carbonyl (C=O) groups is 1. The summed E-state index contributed by atoms with van der Waals surface area (Å²) in [6, 6.07) is 2.36. The van der Waals surface area contributed by atoms with Crippen LogP contribution in [0.5, 0.6) is 0 Å². The maximum absolute atomic E-state index is 12.4. The van der Waals surface area contributed by atoms with Crippen LogP contribution >= 0.6 is 0 Å². The number of hydrogen-bond acceptors (Lipinski definition) is 4. The van der Waals surface area contributed by atoms with Crippen molar-refractivity contribution >= 4 is 16.0 Å². The van der Waals surface area contributed by atoms with Crippen LogP contribution in [-0.4, -0.2) is 36.9 Å². The Kier molecular flexibility index (Phi) is 6.22. The molecule has 0 aliphatic heterocycles. The van der Waals surface area contributed by atoms with Crippen LogP contribution in [0.3, 0.4) is 0 Å². The van der Waals surface area contributed by atoms with Crippen molar-refractivity contribution in [1.82, 2.24) is 4.31 Å². The molecule has 0 aliphatic rings. The van der Waals surface area contributed by atoms with Crippen molar-refractivity contribution in [3.8, 4) is 0 Å². The highest BCUT2D eigenvalue weighted by Crippen LogP contribution is 2.20. The van der Waals surface area contributed by atoms with Crippen molar-refractivity contribution in [3.63, 3.8) is 0 Å². The summed E-state index contributed by atoms with van der Waals surface area (Å²) in [5.74, 6) is -1.64. The maximum Gasteiger partial charge on any atom is 0.371 e. The fourth-order valence-electron chi connectivity index (χ4n) is 1.72. The van der Waals surface area contributed by atoms with Crippen molar-refractivity contribution < 1.29 is 22.7 Å². The Morgan fingerprint density at radius 3 is 2.15 bits per heavy atom.